The van der Waals surface area contributed by atoms with E-state index in [1.54, 1.807) is 13.0 Å². The molecule has 0 aliphatic rings. The van der Waals surface area contributed by atoms with Crippen molar-refractivity contribution in [2.24, 2.45) is 10.9 Å². The summed E-state index contributed by atoms with van der Waals surface area (Å²) in [6, 6.07) is 3.88. The largest absolute Gasteiger partial charge is 0.504 e. The van der Waals surface area contributed by atoms with E-state index in [0.29, 0.717) is 0 Å². The predicted molar refractivity (Wildman–Crippen MR) is 65.0 cm³/mol. The van der Waals surface area contributed by atoms with Crippen LogP contribution in [0.4, 0.5) is 0 Å². The molecule has 0 saturated carbocycles. The van der Waals surface area contributed by atoms with E-state index in [4.69, 9.17) is 15.7 Å². The van der Waals surface area contributed by atoms with Gasteiger partial charge in [0.15, 0.2) is 17.3 Å². The fraction of sp³-hybridized carbons (Fsp3) is 0.273. The van der Waals surface area contributed by atoms with Crippen molar-refractivity contribution in [3.63, 3.8) is 0 Å². The summed E-state index contributed by atoms with van der Waals surface area (Å²) in [6.07, 6.45) is 0. The van der Waals surface area contributed by atoms with Crippen LogP contribution in [0.25, 0.3) is 0 Å². The Hall–Kier alpha value is -2.44. The van der Waals surface area contributed by atoms with Crippen LogP contribution in [-0.4, -0.2) is 35.2 Å². The molecule has 1 aromatic rings. The standard InChI is InChI=1S/C11H15N3O4/c1-6(10(12)14-17)13-11(16)7-4-3-5-8(18-2)9(7)15/h3-6,15,17H,1-2H3,(H2,12,14)(H,13,16). The molecule has 98 valence electrons. The maximum Gasteiger partial charge on any atom is 0.255 e. The maximum absolute atomic E-state index is 11.8. The van der Waals surface area contributed by atoms with Crippen LogP contribution in [0.2, 0.25) is 0 Å². The number of amides is 1. The molecule has 1 atom stereocenters. The molecule has 0 heterocycles. The van der Waals surface area contributed by atoms with Gasteiger partial charge in [-0.25, -0.2) is 0 Å². The maximum atomic E-state index is 11.8. The minimum atomic E-state index is -0.659. The fourth-order valence-corrected chi connectivity index (χ4v) is 1.31. The second kappa shape index (κ2) is 5.76. The summed E-state index contributed by atoms with van der Waals surface area (Å²) in [6.45, 7) is 1.55. The van der Waals surface area contributed by atoms with Crippen molar-refractivity contribution in [3.8, 4) is 11.5 Å². The fourth-order valence-electron chi connectivity index (χ4n) is 1.31. The minimum absolute atomic E-state index is 0.0481. The Bertz CT molecular complexity index is 473. The van der Waals surface area contributed by atoms with Crippen molar-refractivity contribution in [3.05, 3.63) is 23.8 Å². The molecule has 1 aromatic carbocycles. The van der Waals surface area contributed by atoms with Crippen LogP contribution >= 0.6 is 0 Å². The summed E-state index contributed by atoms with van der Waals surface area (Å²) in [5.74, 6) is -0.750. The molecule has 0 fully saturated rings. The van der Waals surface area contributed by atoms with Gasteiger partial charge >= 0.3 is 0 Å². The number of methoxy groups -OCH3 is 1. The lowest BCUT2D eigenvalue weighted by Crippen LogP contribution is -2.42. The molecule has 1 amide bonds. The van der Waals surface area contributed by atoms with Gasteiger partial charge in [0.2, 0.25) is 0 Å². The molecule has 0 saturated heterocycles. The molecule has 18 heavy (non-hydrogen) atoms. The van der Waals surface area contributed by atoms with Gasteiger partial charge in [-0.2, -0.15) is 0 Å². The summed E-state index contributed by atoms with van der Waals surface area (Å²) in [5.41, 5.74) is 5.38. The predicted octanol–water partition coefficient (Wildman–Crippen LogP) is 0.265. The van der Waals surface area contributed by atoms with Gasteiger partial charge in [-0.3, -0.25) is 4.79 Å². The van der Waals surface area contributed by atoms with E-state index < -0.39 is 11.9 Å². The molecular weight excluding hydrogens is 238 g/mol. The average Bonchev–Trinajstić information content (AvgIpc) is 2.37. The monoisotopic (exact) mass is 253 g/mol. The van der Waals surface area contributed by atoms with Crippen LogP contribution in [0.5, 0.6) is 11.5 Å². The third-order valence-corrected chi connectivity index (χ3v) is 2.37. The number of carbonyl (C=O) groups excluding carboxylic acids is 1. The first kappa shape index (κ1) is 13.6. The number of hydrogen-bond acceptors (Lipinski definition) is 5. The lowest BCUT2D eigenvalue weighted by atomic mass is 10.1. The number of hydrogen-bond donors (Lipinski definition) is 4. The van der Waals surface area contributed by atoms with E-state index in [1.807, 2.05) is 0 Å². The van der Waals surface area contributed by atoms with E-state index in [9.17, 15) is 9.90 Å². The summed E-state index contributed by atoms with van der Waals surface area (Å²) >= 11 is 0. The summed E-state index contributed by atoms with van der Waals surface area (Å²) in [5, 5.41) is 23.5. The van der Waals surface area contributed by atoms with Crippen molar-refractivity contribution in [1.29, 1.82) is 0 Å². The second-order valence-corrected chi connectivity index (χ2v) is 3.58. The first-order valence-corrected chi connectivity index (χ1v) is 5.15. The molecule has 1 rings (SSSR count). The highest BCUT2D eigenvalue weighted by molar-refractivity contribution is 6.00. The van der Waals surface area contributed by atoms with Crippen molar-refractivity contribution in [2.75, 3.05) is 7.11 Å². The topological polar surface area (TPSA) is 117 Å². The van der Waals surface area contributed by atoms with E-state index in [1.165, 1.54) is 19.2 Å². The second-order valence-electron chi connectivity index (χ2n) is 3.58. The zero-order valence-corrected chi connectivity index (χ0v) is 10.0. The Morgan fingerprint density at radius 2 is 2.22 bits per heavy atom. The average molecular weight is 253 g/mol. The first-order valence-electron chi connectivity index (χ1n) is 5.15. The number of benzene rings is 1. The van der Waals surface area contributed by atoms with Crippen LogP contribution in [0, 0.1) is 0 Å². The van der Waals surface area contributed by atoms with Crippen LogP contribution < -0.4 is 15.8 Å². The number of nitrogens with zero attached hydrogens (tertiary/aromatic N) is 1. The zero-order chi connectivity index (χ0) is 13.7. The molecule has 5 N–H and O–H groups in total. The zero-order valence-electron chi connectivity index (χ0n) is 10.0. The van der Waals surface area contributed by atoms with Crippen LogP contribution in [-0.2, 0) is 0 Å². The number of aromatic hydroxyl groups is 1. The Morgan fingerprint density at radius 1 is 1.56 bits per heavy atom. The van der Waals surface area contributed by atoms with E-state index in [-0.39, 0.29) is 22.9 Å². The molecule has 0 aromatic heterocycles. The molecule has 0 aliphatic carbocycles. The van der Waals surface area contributed by atoms with Crippen molar-refractivity contribution < 1.29 is 19.8 Å². The summed E-state index contributed by atoms with van der Waals surface area (Å²) in [7, 11) is 1.38. The quantitative estimate of drug-likeness (QED) is 0.266. The minimum Gasteiger partial charge on any atom is -0.504 e. The molecular formula is C11H15N3O4. The summed E-state index contributed by atoms with van der Waals surface area (Å²) < 4.78 is 4.89. The number of ether oxygens (including phenoxy) is 1. The molecule has 1 unspecified atom stereocenters. The van der Waals surface area contributed by atoms with Crippen LogP contribution in [0.15, 0.2) is 23.4 Å². The van der Waals surface area contributed by atoms with Crippen molar-refractivity contribution in [1.82, 2.24) is 5.32 Å². The highest BCUT2D eigenvalue weighted by Crippen LogP contribution is 2.29. The van der Waals surface area contributed by atoms with Crippen molar-refractivity contribution >= 4 is 11.7 Å². The third-order valence-electron chi connectivity index (χ3n) is 2.37. The summed E-state index contributed by atoms with van der Waals surface area (Å²) in [4.78, 5) is 11.8. The normalized spacial score (nSPS) is 12.9. The number of rotatable bonds is 4. The van der Waals surface area contributed by atoms with Gasteiger partial charge in [0.25, 0.3) is 5.91 Å². The van der Waals surface area contributed by atoms with Gasteiger partial charge in [-0.1, -0.05) is 11.2 Å². The smallest absolute Gasteiger partial charge is 0.255 e. The van der Waals surface area contributed by atoms with E-state index in [0.717, 1.165) is 0 Å². The Balaban J connectivity index is 2.92. The van der Waals surface area contributed by atoms with Gasteiger partial charge in [-0.05, 0) is 19.1 Å². The molecule has 0 bridgehead atoms. The van der Waals surface area contributed by atoms with Gasteiger partial charge in [0.1, 0.15) is 0 Å². The van der Waals surface area contributed by atoms with Gasteiger partial charge in [0, 0.05) is 0 Å². The number of oxime groups is 1. The lowest BCUT2D eigenvalue weighted by Gasteiger charge is -2.13. The van der Waals surface area contributed by atoms with E-state index >= 15 is 0 Å². The van der Waals surface area contributed by atoms with Gasteiger partial charge in [0.05, 0.1) is 18.7 Å². The van der Waals surface area contributed by atoms with Gasteiger partial charge in [-0.15, -0.1) is 0 Å². The Kier molecular flexibility index (Phi) is 4.36. The SMILES string of the molecule is COc1cccc(C(=O)NC(C)/C(N)=N/O)c1O. The number of nitrogens with one attached hydrogen (secondary N) is 1. The lowest BCUT2D eigenvalue weighted by molar-refractivity contribution is 0.0945. The Labute approximate surface area is 104 Å². The molecule has 0 radical (unpaired) electrons. The number of amidine groups is 1. The number of nitrogens with two attached hydrogens (primary N) is 1. The molecule has 7 heteroatoms. The van der Waals surface area contributed by atoms with E-state index in [2.05, 4.69) is 10.5 Å². The molecule has 0 spiro atoms. The number of phenols is 1. The molecule has 0 aliphatic heterocycles. The Morgan fingerprint density at radius 3 is 2.78 bits per heavy atom. The third kappa shape index (κ3) is 2.82. The van der Waals surface area contributed by atoms with Crippen LogP contribution in [0.3, 0.4) is 0 Å². The first-order chi connectivity index (χ1) is 8.51. The number of phenolic OH excluding ortho intramolecular Hbond substituents is 1. The highest BCUT2D eigenvalue weighted by Gasteiger charge is 2.18. The van der Waals surface area contributed by atoms with Gasteiger partial charge < -0.3 is 26.1 Å². The van der Waals surface area contributed by atoms with Crippen molar-refractivity contribution in [2.45, 2.75) is 13.0 Å². The van der Waals surface area contributed by atoms with Crippen LogP contribution in [0.1, 0.15) is 17.3 Å². The number of para-hydroxylation sites is 1. The number of carbonyl (C=O) groups is 1. The molecule has 7 nitrogen and oxygen atoms in total. The highest BCUT2D eigenvalue weighted by atomic mass is 16.5.